The Labute approximate surface area is 103 Å². The van der Waals surface area contributed by atoms with E-state index >= 15 is 0 Å². The van der Waals surface area contributed by atoms with Crippen molar-refractivity contribution in [2.24, 2.45) is 0 Å². The molecule has 1 aromatic heterocycles. The van der Waals surface area contributed by atoms with Crippen LogP contribution in [0.15, 0.2) is 36.5 Å². The number of hydrogen-bond donors (Lipinski definition) is 0. The van der Waals surface area contributed by atoms with Crippen LogP contribution in [-0.4, -0.2) is 23.9 Å². The van der Waals surface area contributed by atoms with Gasteiger partial charge in [-0.05, 0) is 26.0 Å². The molecular weight excluding hydrogens is 210 g/mol. The van der Waals surface area contributed by atoms with Crippen LogP contribution in [0.25, 0.3) is 11.3 Å². The highest BCUT2D eigenvalue weighted by Crippen LogP contribution is 2.30. The van der Waals surface area contributed by atoms with Gasteiger partial charge in [-0.3, -0.25) is 4.68 Å². The van der Waals surface area contributed by atoms with Gasteiger partial charge in [-0.1, -0.05) is 18.2 Å². The molecule has 17 heavy (non-hydrogen) atoms. The number of anilines is 1. The van der Waals surface area contributed by atoms with Gasteiger partial charge in [-0.25, -0.2) is 0 Å². The summed E-state index contributed by atoms with van der Waals surface area (Å²) in [6.45, 7) is 4.30. The minimum Gasteiger partial charge on any atom is -0.377 e. The van der Waals surface area contributed by atoms with Crippen molar-refractivity contribution in [1.82, 2.24) is 9.78 Å². The van der Waals surface area contributed by atoms with Crippen LogP contribution in [0.5, 0.6) is 0 Å². The fourth-order valence-corrected chi connectivity index (χ4v) is 2.02. The van der Waals surface area contributed by atoms with Crippen LogP contribution in [0.4, 0.5) is 5.69 Å². The quantitative estimate of drug-likeness (QED) is 0.806. The van der Waals surface area contributed by atoms with Crippen molar-refractivity contribution < 1.29 is 0 Å². The normalized spacial score (nSPS) is 10.9. The van der Waals surface area contributed by atoms with Crippen molar-refractivity contribution in [2.45, 2.75) is 19.9 Å². The lowest BCUT2D eigenvalue weighted by Crippen LogP contribution is -2.11. The maximum Gasteiger partial charge on any atom is 0.0706 e. The first-order chi connectivity index (χ1) is 8.11. The molecule has 90 valence electrons. The Morgan fingerprint density at radius 3 is 2.47 bits per heavy atom. The Balaban J connectivity index is 2.56. The first-order valence-corrected chi connectivity index (χ1v) is 5.91. The molecule has 0 N–H and O–H groups in total. The molecule has 0 aliphatic rings. The number of rotatable bonds is 3. The number of hydrogen-bond acceptors (Lipinski definition) is 2. The first-order valence-electron chi connectivity index (χ1n) is 5.91. The third kappa shape index (κ3) is 2.18. The first kappa shape index (κ1) is 11.7. The van der Waals surface area contributed by atoms with E-state index in [4.69, 9.17) is 0 Å². The van der Waals surface area contributed by atoms with E-state index in [-0.39, 0.29) is 0 Å². The van der Waals surface area contributed by atoms with Gasteiger partial charge >= 0.3 is 0 Å². The fraction of sp³-hybridized carbons (Fsp3) is 0.357. The molecule has 0 atom stereocenters. The third-order valence-electron chi connectivity index (χ3n) is 2.82. The van der Waals surface area contributed by atoms with Gasteiger partial charge in [0.25, 0.3) is 0 Å². The molecule has 0 saturated carbocycles. The molecule has 0 unspecified atom stereocenters. The maximum atomic E-state index is 4.39. The van der Waals surface area contributed by atoms with E-state index in [9.17, 15) is 0 Å². The topological polar surface area (TPSA) is 21.1 Å². The maximum absolute atomic E-state index is 4.39. The Hall–Kier alpha value is -1.77. The van der Waals surface area contributed by atoms with Crippen LogP contribution in [0.1, 0.15) is 19.9 Å². The molecule has 0 fully saturated rings. The highest BCUT2D eigenvalue weighted by atomic mass is 15.3. The van der Waals surface area contributed by atoms with E-state index < -0.39 is 0 Å². The number of benzene rings is 1. The number of para-hydroxylation sites is 1. The van der Waals surface area contributed by atoms with Gasteiger partial charge in [0.2, 0.25) is 0 Å². The van der Waals surface area contributed by atoms with Crippen molar-refractivity contribution in [3.63, 3.8) is 0 Å². The summed E-state index contributed by atoms with van der Waals surface area (Å²) in [7, 11) is 4.13. The van der Waals surface area contributed by atoms with E-state index in [0.29, 0.717) is 6.04 Å². The largest absolute Gasteiger partial charge is 0.377 e. The van der Waals surface area contributed by atoms with Gasteiger partial charge in [0.15, 0.2) is 0 Å². The zero-order valence-electron chi connectivity index (χ0n) is 10.9. The summed E-state index contributed by atoms with van der Waals surface area (Å²) >= 11 is 0. The summed E-state index contributed by atoms with van der Waals surface area (Å²) in [6, 6.07) is 10.9. The average Bonchev–Trinajstić information content (AvgIpc) is 2.77. The lowest BCUT2D eigenvalue weighted by molar-refractivity contribution is 0.538. The summed E-state index contributed by atoms with van der Waals surface area (Å²) in [6.07, 6.45) is 1.86. The number of aromatic nitrogens is 2. The molecule has 1 heterocycles. The second-order valence-electron chi connectivity index (χ2n) is 4.67. The summed E-state index contributed by atoms with van der Waals surface area (Å²) in [4.78, 5) is 2.13. The summed E-state index contributed by atoms with van der Waals surface area (Å²) < 4.78 is 2.06. The van der Waals surface area contributed by atoms with Crippen molar-refractivity contribution in [3.8, 4) is 11.3 Å². The van der Waals surface area contributed by atoms with E-state index in [1.807, 2.05) is 6.20 Å². The van der Waals surface area contributed by atoms with Gasteiger partial charge in [0.05, 0.1) is 5.69 Å². The fourth-order valence-electron chi connectivity index (χ4n) is 2.02. The van der Waals surface area contributed by atoms with Crippen molar-refractivity contribution >= 4 is 5.69 Å². The van der Waals surface area contributed by atoms with Gasteiger partial charge in [0, 0.05) is 37.6 Å². The van der Waals surface area contributed by atoms with Crippen LogP contribution in [-0.2, 0) is 0 Å². The van der Waals surface area contributed by atoms with E-state index in [1.165, 1.54) is 16.9 Å². The molecule has 1 aromatic carbocycles. The smallest absolute Gasteiger partial charge is 0.0706 e. The summed E-state index contributed by atoms with van der Waals surface area (Å²) in [5.74, 6) is 0. The van der Waals surface area contributed by atoms with Crippen molar-refractivity contribution in [2.75, 3.05) is 19.0 Å². The zero-order chi connectivity index (χ0) is 12.4. The van der Waals surface area contributed by atoms with Crippen LogP contribution in [0, 0.1) is 0 Å². The van der Waals surface area contributed by atoms with Gasteiger partial charge in [-0.2, -0.15) is 5.10 Å². The average molecular weight is 229 g/mol. The molecule has 3 heteroatoms. The lowest BCUT2D eigenvalue weighted by Gasteiger charge is -2.19. The van der Waals surface area contributed by atoms with Crippen LogP contribution < -0.4 is 4.90 Å². The van der Waals surface area contributed by atoms with Crippen molar-refractivity contribution in [3.05, 3.63) is 36.5 Å². The Morgan fingerprint density at radius 1 is 1.12 bits per heavy atom. The molecule has 0 bridgehead atoms. The molecule has 0 amide bonds. The zero-order valence-corrected chi connectivity index (χ0v) is 10.9. The van der Waals surface area contributed by atoms with Gasteiger partial charge in [0.1, 0.15) is 0 Å². The molecule has 0 aliphatic carbocycles. The van der Waals surface area contributed by atoms with Gasteiger partial charge < -0.3 is 4.90 Å². The highest BCUT2D eigenvalue weighted by Gasteiger charge is 2.12. The third-order valence-corrected chi connectivity index (χ3v) is 2.82. The van der Waals surface area contributed by atoms with Gasteiger partial charge in [-0.15, -0.1) is 0 Å². The van der Waals surface area contributed by atoms with Crippen molar-refractivity contribution in [1.29, 1.82) is 0 Å². The Bertz CT molecular complexity index is 498. The molecule has 0 saturated heterocycles. The second kappa shape index (κ2) is 4.62. The van der Waals surface area contributed by atoms with Crippen LogP contribution >= 0.6 is 0 Å². The SMILES string of the molecule is CC(C)n1nccc1-c1ccccc1N(C)C. The monoisotopic (exact) mass is 229 g/mol. The minimum atomic E-state index is 0.371. The standard InChI is InChI=1S/C14H19N3/c1-11(2)17-14(9-10-15-17)12-7-5-6-8-13(12)16(3)4/h5-11H,1-4H3. The lowest BCUT2D eigenvalue weighted by atomic mass is 10.1. The molecule has 0 aliphatic heterocycles. The molecule has 0 spiro atoms. The van der Waals surface area contributed by atoms with Crippen LogP contribution in [0.2, 0.25) is 0 Å². The minimum absolute atomic E-state index is 0.371. The van der Waals surface area contributed by atoms with E-state index in [0.717, 1.165) is 0 Å². The van der Waals surface area contributed by atoms with E-state index in [1.54, 1.807) is 0 Å². The molecular formula is C14H19N3. The van der Waals surface area contributed by atoms with E-state index in [2.05, 4.69) is 73.0 Å². The summed E-state index contributed by atoms with van der Waals surface area (Å²) in [5.41, 5.74) is 3.61. The predicted octanol–water partition coefficient (Wildman–Crippen LogP) is 3.20. The Morgan fingerprint density at radius 2 is 1.82 bits per heavy atom. The Kier molecular flexibility index (Phi) is 3.18. The number of nitrogens with zero attached hydrogens (tertiary/aromatic N) is 3. The van der Waals surface area contributed by atoms with Crippen LogP contribution in [0.3, 0.4) is 0 Å². The predicted molar refractivity (Wildman–Crippen MR) is 72.4 cm³/mol. The highest BCUT2D eigenvalue weighted by molar-refractivity contribution is 5.76. The molecule has 2 aromatic rings. The second-order valence-corrected chi connectivity index (χ2v) is 4.67. The molecule has 3 nitrogen and oxygen atoms in total. The summed E-state index contributed by atoms with van der Waals surface area (Å²) in [5, 5.41) is 4.39. The molecule has 2 rings (SSSR count). The molecule has 0 radical (unpaired) electrons.